The Morgan fingerprint density at radius 3 is 2.64 bits per heavy atom. The molecule has 2 amide bonds. The largest absolute Gasteiger partial charge is 0.474 e. The second kappa shape index (κ2) is 8.95. The Morgan fingerprint density at radius 2 is 1.91 bits per heavy atom. The van der Waals surface area contributed by atoms with Crippen molar-refractivity contribution in [2.45, 2.75) is 57.1 Å². The molecule has 0 spiro atoms. The van der Waals surface area contributed by atoms with Crippen LogP contribution in [0.25, 0.3) is 11.1 Å². The van der Waals surface area contributed by atoms with Crippen molar-refractivity contribution < 1.29 is 17.9 Å². The van der Waals surface area contributed by atoms with Gasteiger partial charge in [0.1, 0.15) is 6.10 Å². The Morgan fingerprint density at radius 1 is 1.12 bits per heavy atom. The van der Waals surface area contributed by atoms with Crippen molar-refractivity contribution in [1.82, 2.24) is 14.6 Å². The number of sulfonamides is 1. The van der Waals surface area contributed by atoms with Crippen molar-refractivity contribution in [3.05, 3.63) is 41.6 Å². The summed E-state index contributed by atoms with van der Waals surface area (Å²) in [4.78, 5) is 19.4. The number of fused-ring (bicyclic) bond motifs is 1. The quantitative estimate of drug-likeness (QED) is 0.672. The molecule has 2 N–H and O–H groups in total. The number of hydrogen-bond acceptors (Lipinski definition) is 6. The first kappa shape index (κ1) is 22.2. The minimum Gasteiger partial charge on any atom is -0.474 e. The maximum atomic E-state index is 12.4. The maximum Gasteiger partial charge on any atom is 0.332 e. The van der Waals surface area contributed by atoms with Gasteiger partial charge in [0.15, 0.2) is 0 Å². The first-order chi connectivity index (χ1) is 15.9. The van der Waals surface area contributed by atoms with E-state index in [4.69, 9.17) is 4.74 Å². The highest BCUT2D eigenvalue weighted by Gasteiger charge is 2.32. The predicted molar refractivity (Wildman–Crippen MR) is 127 cm³/mol. The number of nitrogens with one attached hydrogen (secondary N) is 2. The molecule has 2 fully saturated rings. The molecule has 2 heterocycles. The average molecular weight is 471 g/mol. The number of carbonyl (C=O) groups excluding carboxylic acids is 1. The lowest BCUT2D eigenvalue weighted by Gasteiger charge is -2.31. The van der Waals surface area contributed by atoms with Gasteiger partial charge in [-0.1, -0.05) is 12.1 Å². The van der Waals surface area contributed by atoms with Gasteiger partial charge in [0.2, 0.25) is 15.9 Å². The molecule has 0 unspecified atom stereocenters. The number of ether oxygens (including phenoxy) is 1. The first-order valence-electron chi connectivity index (χ1n) is 11.7. The van der Waals surface area contributed by atoms with Gasteiger partial charge in [0.05, 0.1) is 11.9 Å². The third kappa shape index (κ3) is 5.30. The molecule has 0 bridgehead atoms. The van der Waals surface area contributed by atoms with Gasteiger partial charge >= 0.3 is 6.03 Å². The molecule has 9 heteroatoms. The molecule has 5 rings (SSSR count). The van der Waals surface area contributed by atoms with Gasteiger partial charge in [-0.2, -0.15) is 0 Å². The van der Waals surface area contributed by atoms with Crippen molar-refractivity contribution in [2.75, 3.05) is 24.7 Å². The fourth-order valence-electron chi connectivity index (χ4n) is 4.97. The van der Waals surface area contributed by atoms with Crippen LogP contribution in [-0.2, 0) is 22.9 Å². The Balaban J connectivity index is 1.37. The van der Waals surface area contributed by atoms with Crippen molar-refractivity contribution in [2.24, 2.45) is 0 Å². The van der Waals surface area contributed by atoms with Crippen LogP contribution in [0.4, 0.5) is 10.5 Å². The van der Waals surface area contributed by atoms with Crippen LogP contribution in [0.3, 0.4) is 0 Å². The molecule has 0 atom stereocenters. The van der Waals surface area contributed by atoms with Crippen molar-refractivity contribution >= 4 is 21.7 Å². The van der Waals surface area contributed by atoms with E-state index < -0.39 is 16.1 Å². The zero-order valence-electron chi connectivity index (χ0n) is 18.8. The fourth-order valence-corrected chi connectivity index (χ4v) is 5.36. The first-order valence-corrected chi connectivity index (χ1v) is 13.6. The normalized spacial score (nSPS) is 19.2. The number of anilines is 1. The summed E-state index contributed by atoms with van der Waals surface area (Å²) in [5.41, 5.74) is 4.60. The lowest BCUT2D eigenvalue weighted by molar-refractivity contribution is 0.0930. The van der Waals surface area contributed by atoms with Crippen LogP contribution >= 0.6 is 0 Å². The summed E-state index contributed by atoms with van der Waals surface area (Å²) in [6.45, 7) is 2.15. The zero-order valence-corrected chi connectivity index (χ0v) is 19.7. The molecule has 1 aliphatic heterocycles. The van der Waals surface area contributed by atoms with E-state index in [1.54, 1.807) is 6.20 Å². The summed E-state index contributed by atoms with van der Waals surface area (Å²) in [6.07, 6.45) is 10.3. The van der Waals surface area contributed by atoms with Gasteiger partial charge in [-0.05, 0) is 67.7 Å². The molecule has 1 aromatic carbocycles. The van der Waals surface area contributed by atoms with Gasteiger partial charge in [-0.25, -0.2) is 22.9 Å². The number of carbonyl (C=O) groups is 1. The minimum absolute atomic E-state index is 0.154. The van der Waals surface area contributed by atoms with Gasteiger partial charge in [0, 0.05) is 37.0 Å². The number of benzene rings is 1. The molecule has 176 valence electrons. The Hall–Kier alpha value is -2.65. The highest BCUT2D eigenvalue weighted by Crippen LogP contribution is 2.38. The second-order valence-electron chi connectivity index (χ2n) is 9.27. The number of rotatable bonds is 6. The molecular formula is C24H30N4O4S. The van der Waals surface area contributed by atoms with Gasteiger partial charge in [-0.15, -0.1) is 0 Å². The van der Waals surface area contributed by atoms with Crippen LogP contribution in [0.15, 0.2) is 30.5 Å². The molecule has 1 saturated heterocycles. The summed E-state index contributed by atoms with van der Waals surface area (Å²) in [6, 6.07) is 7.90. The lowest BCUT2D eigenvalue weighted by Crippen LogP contribution is -2.39. The topological polar surface area (TPSA) is 101 Å². The summed E-state index contributed by atoms with van der Waals surface area (Å²) >= 11 is 0. The number of urea groups is 1. The van der Waals surface area contributed by atoms with E-state index in [1.165, 1.54) is 18.4 Å². The lowest BCUT2D eigenvalue weighted by atomic mass is 9.98. The average Bonchev–Trinajstić information content (AvgIpc) is 3.50. The summed E-state index contributed by atoms with van der Waals surface area (Å²) in [5.74, 6) is 0.574. The number of hydrogen-bond donors (Lipinski definition) is 2. The van der Waals surface area contributed by atoms with E-state index in [0.717, 1.165) is 74.2 Å². The van der Waals surface area contributed by atoms with E-state index in [9.17, 15) is 13.2 Å². The molecule has 2 aliphatic carbocycles. The van der Waals surface area contributed by atoms with Crippen molar-refractivity contribution in [3.8, 4) is 17.0 Å². The summed E-state index contributed by atoms with van der Waals surface area (Å²) < 4.78 is 31.3. The molecule has 1 saturated carbocycles. The van der Waals surface area contributed by atoms with Crippen LogP contribution in [0.2, 0.25) is 0 Å². The molecule has 3 aliphatic rings. The fraction of sp³-hybridized carbons (Fsp3) is 0.500. The number of aryl methyl sites for hydroxylation is 1. The summed E-state index contributed by atoms with van der Waals surface area (Å²) in [7, 11) is -3.66. The Bertz CT molecular complexity index is 1160. The Labute approximate surface area is 194 Å². The van der Waals surface area contributed by atoms with Crippen LogP contribution < -0.4 is 14.8 Å². The number of piperidine rings is 1. The van der Waals surface area contributed by atoms with Gasteiger partial charge < -0.3 is 15.0 Å². The van der Waals surface area contributed by atoms with Crippen LogP contribution in [-0.4, -0.2) is 55.8 Å². The number of aromatic nitrogens is 1. The SMILES string of the molecule is CS(=O)(=O)NC(=O)Nc1c(-c2ccnc(OC3CCN(C4CC4)CC3)c2)ccc2c1CCC2. The second-order valence-corrected chi connectivity index (χ2v) is 11.0. The molecule has 8 nitrogen and oxygen atoms in total. The monoisotopic (exact) mass is 470 g/mol. The highest BCUT2D eigenvalue weighted by atomic mass is 32.2. The Kier molecular flexibility index (Phi) is 6.01. The molecular weight excluding hydrogens is 440 g/mol. The molecule has 33 heavy (non-hydrogen) atoms. The van der Waals surface area contributed by atoms with Crippen LogP contribution in [0.5, 0.6) is 5.88 Å². The third-order valence-corrected chi connectivity index (χ3v) is 7.23. The van der Waals surface area contributed by atoms with Gasteiger partial charge in [-0.3, -0.25) is 0 Å². The molecule has 0 radical (unpaired) electrons. The predicted octanol–water partition coefficient (Wildman–Crippen LogP) is 3.32. The van der Waals surface area contributed by atoms with E-state index in [2.05, 4.69) is 21.3 Å². The van der Waals surface area contributed by atoms with E-state index >= 15 is 0 Å². The smallest absolute Gasteiger partial charge is 0.332 e. The van der Waals surface area contributed by atoms with Crippen molar-refractivity contribution in [1.29, 1.82) is 0 Å². The number of likely N-dealkylation sites (tertiary alicyclic amines) is 1. The van der Waals surface area contributed by atoms with Crippen molar-refractivity contribution in [3.63, 3.8) is 0 Å². The molecule has 1 aromatic heterocycles. The zero-order chi connectivity index (χ0) is 23.0. The minimum atomic E-state index is -3.66. The van der Waals surface area contributed by atoms with Gasteiger partial charge in [0.25, 0.3) is 0 Å². The number of pyridine rings is 1. The van der Waals surface area contributed by atoms with E-state index in [1.807, 2.05) is 22.9 Å². The molecule has 2 aromatic rings. The van der Waals surface area contributed by atoms with Crippen LogP contribution in [0.1, 0.15) is 43.2 Å². The number of amides is 2. The number of nitrogens with zero attached hydrogens (tertiary/aromatic N) is 2. The maximum absolute atomic E-state index is 12.4. The van der Waals surface area contributed by atoms with E-state index in [0.29, 0.717) is 11.6 Å². The highest BCUT2D eigenvalue weighted by molar-refractivity contribution is 7.89. The van der Waals surface area contributed by atoms with Crippen LogP contribution in [0, 0.1) is 0 Å². The summed E-state index contributed by atoms with van der Waals surface area (Å²) in [5, 5.41) is 2.79. The van der Waals surface area contributed by atoms with E-state index in [-0.39, 0.29) is 6.10 Å². The standard InChI is InChI=1S/C24H30N4O4S/c1-33(30,31)27-24(29)26-23-20-4-2-3-16(20)5-8-21(23)17-9-12-25-22(15-17)32-19-10-13-28(14-11-19)18-6-7-18/h5,8-9,12,15,18-19H,2-4,6-7,10-11,13-14H2,1H3,(H2,26,27,29). The third-order valence-electron chi connectivity index (χ3n) is 6.67.